The Hall–Kier alpha value is 0.997. The van der Waals surface area contributed by atoms with E-state index in [-0.39, 0.29) is 5.41 Å². The average Bonchev–Trinajstić information content (AvgIpc) is 3.47. The van der Waals surface area contributed by atoms with Gasteiger partial charge in [-0.25, -0.2) is 0 Å². The van der Waals surface area contributed by atoms with Gasteiger partial charge in [0.1, 0.15) is 0 Å². The van der Waals surface area contributed by atoms with Crippen molar-refractivity contribution in [2.24, 2.45) is 11.8 Å². The zero-order chi connectivity index (χ0) is 26.0. The van der Waals surface area contributed by atoms with Crippen LogP contribution in [0.4, 0.5) is 0 Å². The standard InChI is InChI=1S/C25H36S2.6CH3.2Sn/c1-5-9-11-19(7-3)17-25(18-20(8-4)12-10-6-2)21-13-15-26-23(21)24-22(25)14-16-27-24;;;;;;;;/h13-14,19-20H,5-12,17-18H2,1-4H3;6*1H3;;/t19-,20+;;;;;;;;. The Morgan fingerprint density at radius 3 is 1.31 bits per heavy atom. The molecule has 3 rings (SSSR count). The summed E-state index contributed by atoms with van der Waals surface area (Å²) in [4.78, 5) is 19.1. The summed E-state index contributed by atoms with van der Waals surface area (Å²) >= 11 is 0.171. The Balaban J connectivity index is 2.23. The Morgan fingerprint density at radius 2 is 1.03 bits per heavy atom. The fourth-order valence-corrected chi connectivity index (χ4v) is 19.2. The first-order chi connectivity index (χ1) is 16.4. The van der Waals surface area contributed by atoms with Gasteiger partial charge in [0.25, 0.3) is 0 Å². The van der Waals surface area contributed by atoms with Crippen molar-refractivity contribution in [3.63, 3.8) is 0 Å². The van der Waals surface area contributed by atoms with E-state index in [1.807, 2.05) is 0 Å². The van der Waals surface area contributed by atoms with Crippen molar-refractivity contribution in [3.8, 4) is 9.75 Å². The molecule has 0 N–H and O–H groups in total. The monoisotopic (exact) mass is 730 g/mol. The van der Waals surface area contributed by atoms with Crippen LogP contribution in [0.25, 0.3) is 9.75 Å². The third-order valence-electron chi connectivity index (χ3n) is 8.54. The van der Waals surface area contributed by atoms with Crippen LogP contribution in [0.5, 0.6) is 0 Å². The zero-order valence-electron chi connectivity index (χ0n) is 24.7. The van der Waals surface area contributed by atoms with Crippen LogP contribution in [-0.4, -0.2) is 36.8 Å². The molecule has 0 saturated carbocycles. The predicted octanol–water partition coefficient (Wildman–Crippen LogP) is 10.4. The molecular weight excluding hydrogens is 674 g/mol. The second-order valence-electron chi connectivity index (χ2n) is 13.5. The van der Waals surface area contributed by atoms with Crippen molar-refractivity contribution in [1.29, 1.82) is 0 Å². The van der Waals surface area contributed by atoms with Crippen LogP contribution in [0.1, 0.15) is 103 Å². The van der Waals surface area contributed by atoms with E-state index in [4.69, 9.17) is 0 Å². The quantitative estimate of drug-likeness (QED) is 0.170. The third kappa shape index (κ3) is 6.77. The summed E-state index contributed by atoms with van der Waals surface area (Å²) in [6.45, 7) is 9.67. The van der Waals surface area contributed by atoms with Crippen molar-refractivity contribution in [2.75, 3.05) is 0 Å². The van der Waals surface area contributed by atoms with E-state index < -0.39 is 36.8 Å². The van der Waals surface area contributed by atoms with Crippen LogP contribution in [0.15, 0.2) is 12.1 Å². The van der Waals surface area contributed by atoms with E-state index in [2.05, 4.69) is 92.1 Å². The number of thiophene rings is 2. The van der Waals surface area contributed by atoms with E-state index in [0.717, 1.165) is 11.8 Å². The molecule has 0 amide bonds. The van der Waals surface area contributed by atoms with Gasteiger partial charge in [-0.3, -0.25) is 0 Å². The van der Waals surface area contributed by atoms with Crippen molar-refractivity contribution in [2.45, 2.75) is 127 Å². The molecule has 35 heavy (non-hydrogen) atoms. The molecule has 0 nitrogen and oxygen atoms in total. The van der Waals surface area contributed by atoms with Gasteiger partial charge in [-0.2, -0.15) is 0 Å². The van der Waals surface area contributed by atoms with Gasteiger partial charge in [-0.05, 0) is 0 Å². The second kappa shape index (κ2) is 12.5. The maximum atomic E-state index is 2.78. The molecule has 2 heterocycles. The average molecular weight is 728 g/mol. The van der Waals surface area contributed by atoms with Gasteiger partial charge in [0.15, 0.2) is 0 Å². The van der Waals surface area contributed by atoms with E-state index in [9.17, 15) is 0 Å². The topological polar surface area (TPSA) is 0 Å². The molecule has 4 heteroatoms. The Morgan fingerprint density at radius 1 is 0.657 bits per heavy atom. The summed E-state index contributed by atoms with van der Waals surface area (Å²) in [5.41, 5.74) is 3.84. The molecule has 0 bridgehead atoms. The number of fused-ring (bicyclic) bond motifs is 3. The summed E-state index contributed by atoms with van der Waals surface area (Å²) in [5, 5.41) is 0. The second-order valence-corrected chi connectivity index (χ2v) is 46.5. The zero-order valence-corrected chi connectivity index (χ0v) is 32.0. The van der Waals surface area contributed by atoms with Gasteiger partial charge in [-0.1, -0.05) is 0 Å². The number of rotatable bonds is 14. The van der Waals surface area contributed by atoms with Gasteiger partial charge < -0.3 is 0 Å². The molecule has 2 atom stereocenters. The number of unbranched alkanes of at least 4 members (excludes halogenated alkanes) is 2. The molecule has 0 radical (unpaired) electrons. The maximum absolute atomic E-state index is 2.78. The summed E-state index contributed by atoms with van der Waals surface area (Å²) < 4.78 is 3.61. The van der Waals surface area contributed by atoms with Crippen molar-refractivity contribution in [3.05, 3.63) is 23.3 Å². The van der Waals surface area contributed by atoms with Crippen LogP contribution in [0.3, 0.4) is 0 Å². The molecular formula is C31H54S2Sn2. The first-order valence-electron chi connectivity index (χ1n) is 14.7. The van der Waals surface area contributed by atoms with Gasteiger partial charge in [0.05, 0.1) is 0 Å². The summed E-state index contributed by atoms with van der Waals surface area (Å²) in [5.74, 6) is 1.70. The fourth-order valence-electron chi connectivity index (χ4n) is 6.11. The van der Waals surface area contributed by atoms with Crippen molar-refractivity contribution >= 4 is 65.2 Å². The van der Waals surface area contributed by atoms with E-state index >= 15 is 0 Å². The molecule has 1 aliphatic rings. The van der Waals surface area contributed by atoms with Gasteiger partial charge in [0.2, 0.25) is 0 Å². The Labute approximate surface area is 234 Å². The normalized spacial score (nSPS) is 16.9. The predicted molar refractivity (Wildman–Crippen MR) is 170 cm³/mol. The molecule has 0 aromatic carbocycles. The van der Waals surface area contributed by atoms with Crippen LogP contribution < -0.4 is 5.79 Å². The molecule has 2 aromatic rings. The first-order valence-corrected chi connectivity index (χ1v) is 36.3. The third-order valence-corrected chi connectivity index (χ3v) is 29.8. The molecule has 1 aliphatic carbocycles. The van der Waals surface area contributed by atoms with Crippen LogP contribution in [0.2, 0.25) is 29.6 Å². The Kier molecular flexibility index (Phi) is 10.9. The van der Waals surface area contributed by atoms with Crippen molar-refractivity contribution in [1.82, 2.24) is 0 Å². The molecule has 2 aromatic heterocycles. The van der Waals surface area contributed by atoms with Crippen LogP contribution >= 0.6 is 22.7 Å². The SMILES string of the molecule is CCCC[C@@H](CC)CC1(C[C@@H](CC)CCCC)c2c[c]([Sn]([CH3])([CH3])[CH3])sc2-c2s[c]([Sn]([CH3])([CH3])[CH3])cc21. The van der Waals surface area contributed by atoms with E-state index in [1.165, 1.54) is 64.2 Å². The van der Waals surface area contributed by atoms with Crippen LogP contribution in [-0.2, 0) is 5.41 Å². The Bertz CT molecular complexity index is 876. The molecule has 0 fully saturated rings. The summed E-state index contributed by atoms with van der Waals surface area (Å²) in [6.07, 6.45) is 13.7. The van der Waals surface area contributed by atoms with Crippen molar-refractivity contribution < 1.29 is 0 Å². The summed E-state index contributed by atoms with van der Waals surface area (Å²) in [7, 11) is 0. The number of hydrogen-bond donors (Lipinski definition) is 0. The summed E-state index contributed by atoms with van der Waals surface area (Å²) in [6, 6.07) is 5.56. The van der Waals surface area contributed by atoms with E-state index in [0.29, 0.717) is 0 Å². The van der Waals surface area contributed by atoms with Gasteiger partial charge in [0, 0.05) is 0 Å². The van der Waals surface area contributed by atoms with Crippen LogP contribution in [0, 0.1) is 11.8 Å². The van der Waals surface area contributed by atoms with Gasteiger partial charge >= 0.3 is 237 Å². The molecule has 198 valence electrons. The molecule has 0 spiro atoms. The molecule has 0 aliphatic heterocycles. The number of hydrogen-bond acceptors (Lipinski definition) is 2. The van der Waals surface area contributed by atoms with Gasteiger partial charge in [-0.15, -0.1) is 0 Å². The molecule has 0 unspecified atom stereocenters. The minimum absolute atomic E-state index is 0.269. The first kappa shape index (κ1) is 30.5. The molecule has 0 saturated heterocycles. The van der Waals surface area contributed by atoms with E-state index in [1.54, 1.807) is 26.7 Å². The minimum atomic E-state index is -2.14. The fraction of sp³-hybridized carbons (Fsp3) is 0.742.